The average Bonchev–Trinajstić information content (AvgIpc) is 2.75. The molecular formula is C11H10BrFN4O. The van der Waals surface area contributed by atoms with E-state index >= 15 is 0 Å². The van der Waals surface area contributed by atoms with Gasteiger partial charge in [0.15, 0.2) is 0 Å². The molecular weight excluding hydrogens is 303 g/mol. The third kappa shape index (κ3) is 2.67. The van der Waals surface area contributed by atoms with Crippen molar-refractivity contribution in [2.24, 2.45) is 0 Å². The number of amides is 1. The van der Waals surface area contributed by atoms with Crippen LogP contribution < -0.4 is 11.1 Å². The van der Waals surface area contributed by atoms with Crippen molar-refractivity contribution in [2.75, 3.05) is 5.73 Å². The molecule has 1 amide bonds. The van der Waals surface area contributed by atoms with Crippen LogP contribution in [0.3, 0.4) is 0 Å². The minimum absolute atomic E-state index is 0.235. The highest BCUT2D eigenvalue weighted by Crippen LogP contribution is 2.16. The number of rotatable bonds is 3. The maximum atomic E-state index is 13.3. The number of hydrogen-bond acceptors (Lipinski definition) is 3. The summed E-state index contributed by atoms with van der Waals surface area (Å²) >= 11 is 3.02. The predicted octanol–water partition coefficient (Wildman–Crippen LogP) is 1.82. The SMILES string of the molecule is Nc1[nH]ncc1CNC(=O)c1ccc(Br)c(F)c1. The summed E-state index contributed by atoms with van der Waals surface area (Å²) in [5.41, 5.74) is 6.50. The minimum atomic E-state index is -0.481. The summed E-state index contributed by atoms with van der Waals surface area (Å²) in [4.78, 5) is 11.8. The molecule has 0 spiro atoms. The molecule has 0 aliphatic carbocycles. The number of carbonyl (C=O) groups is 1. The van der Waals surface area contributed by atoms with Gasteiger partial charge in [-0.3, -0.25) is 9.89 Å². The molecule has 0 atom stereocenters. The standard InChI is InChI=1S/C11H10BrFN4O/c12-8-2-1-6(3-9(8)13)11(18)15-4-7-5-16-17-10(7)14/h1-3,5H,4H2,(H,15,18)(H3,14,16,17). The van der Waals surface area contributed by atoms with Gasteiger partial charge in [-0.25, -0.2) is 4.39 Å². The second kappa shape index (κ2) is 5.18. The van der Waals surface area contributed by atoms with E-state index in [0.29, 0.717) is 15.9 Å². The smallest absolute Gasteiger partial charge is 0.251 e. The van der Waals surface area contributed by atoms with Crippen molar-refractivity contribution in [3.63, 3.8) is 0 Å². The molecule has 2 aromatic rings. The quantitative estimate of drug-likeness (QED) is 0.808. The minimum Gasteiger partial charge on any atom is -0.384 e. The van der Waals surface area contributed by atoms with Crippen molar-refractivity contribution in [1.29, 1.82) is 0 Å². The molecule has 5 nitrogen and oxygen atoms in total. The number of nitrogens with two attached hydrogens (primary N) is 1. The van der Waals surface area contributed by atoms with Crippen molar-refractivity contribution < 1.29 is 9.18 Å². The Morgan fingerprint density at radius 3 is 2.94 bits per heavy atom. The summed E-state index contributed by atoms with van der Waals surface area (Å²) in [6, 6.07) is 4.18. The summed E-state index contributed by atoms with van der Waals surface area (Å²) in [6.45, 7) is 0.235. The number of halogens is 2. The van der Waals surface area contributed by atoms with Crippen LogP contribution in [0.4, 0.5) is 10.2 Å². The molecule has 0 fully saturated rings. The molecule has 18 heavy (non-hydrogen) atoms. The lowest BCUT2D eigenvalue weighted by Crippen LogP contribution is -2.23. The van der Waals surface area contributed by atoms with Gasteiger partial charge in [-0.05, 0) is 34.1 Å². The summed E-state index contributed by atoms with van der Waals surface area (Å²) < 4.78 is 13.6. The molecule has 0 radical (unpaired) electrons. The van der Waals surface area contributed by atoms with Gasteiger partial charge < -0.3 is 11.1 Å². The van der Waals surface area contributed by atoms with Gasteiger partial charge in [0.05, 0.1) is 10.7 Å². The molecule has 1 aromatic heterocycles. The zero-order chi connectivity index (χ0) is 13.1. The monoisotopic (exact) mass is 312 g/mol. The van der Waals surface area contributed by atoms with E-state index in [0.717, 1.165) is 6.07 Å². The van der Waals surface area contributed by atoms with Crippen molar-refractivity contribution >= 4 is 27.7 Å². The van der Waals surface area contributed by atoms with Crippen LogP contribution in [-0.2, 0) is 6.54 Å². The van der Waals surface area contributed by atoms with E-state index in [4.69, 9.17) is 5.73 Å². The number of benzene rings is 1. The van der Waals surface area contributed by atoms with E-state index in [1.807, 2.05) is 0 Å². The van der Waals surface area contributed by atoms with Crippen LogP contribution in [-0.4, -0.2) is 16.1 Å². The molecule has 1 heterocycles. The Hall–Kier alpha value is -1.89. The van der Waals surface area contributed by atoms with Crippen molar-refractivity contribution in [2.45, 2.75) is 6.54 Å². The van der Waals surface area contributed by atoms with E-state index in [9.17, 15) is 9.18 Å². The first kappa shape index (κ1) is 12.6. The van der Waals surface area contributed by atoms with Gasteiger partial charge in [-0.1, -0.05) is 0 Å². The van der Waals surface area contributed by atoms with Crippen molar-refractivity contribution in [3.8, 4) is 0 Å². The maximum absolute atomic E-state index is 13.3. The van der Waals surface area contributed by atoms with Crippen LogP contribution in [0.1, 0.15) is 15.9 Å². The summed E-state index contributed by atoms with van der Waals surface area (Å²) in [5, 5.41) is 8.92. The number of hydrogen-bond donors (Lipinski definition) is 3. The molecule has 7 heteroatoms. The molecule has 0 saturated heterocycles. The van der Waals surface area contributed by atoms with Crippen molar-refractivity contribution in [3.05, 3.63) is 45.8 Å². The summed E-state index contributed by atoms with van der Waals surface area (Å²) in [7, 11) is 0. The molecule has 0 unspecified atom stereocenters. The van der Waals surface area contributed by atoms with E-state index in [-0.39, 0.29) is 18.0 Å². The fraction of sp³-hybridized carbons (Fsp3) is 0.0909. The number of nitrogens with zero attached hydrogens (tertiary/aromatic N) is 1. The predicted molar refractivity (Wildman–Crippen MR) is 68.3 cm³/mol. The summed E-state index contributed by atoms with van der Waals surface area (Å²) in [5.74, 6) is -0.454. The number of aromatic amines is 1. The molecule has 94 valence electrons. The lowest BCUT2D eigenvalue weighted by molar-refractivity contribution is 0.0950. The fourth-order valence-electron chi connectivity index (χ4n) is 1.38. The first-order valence-electron chi connectivity index (χ1n) is 5.09. The third-order valence-corrected chi connectivity index (χ3v) is 3.02. The molecule has 2 rings (SSSR count). The number of H-pyrrole nitrogens is 1. The highest BCUT2D eigenvalue weighted by Gasteiger charge is 2.09. The second-order valence-electron chi connectivity index (χ2n) is 3.62. The van der Waals surface area contributed by atoms with Gasteiger partial charge in [-0.2, -0.15) is 5.10 Å². The first-order valence-corrected chi connectivity index (χ1v) is 5.88. The van der Waals surface area contributed by atoms with Crippen LogP contribution in [0.25, 0.3) is 0 Å². The van der Waals surface area contributed by atoms with E-state index in [1.165, 1.54) is 18.3 Å². The Morgan fingerprint density at radius 2 is 2.33 bits per heavy atom. The number of nitrogen functional groups attached to an aromatic ring is 1. The van der Waals surface area contributed by atoms with Crippen LogP contribution in [0.15, 0.2) is 28.9 Å². The number of aromatic nitrogens is 2. The highest BCUT2D eigenvalue weighted by molar-refractivity contribution is 9.10. The van der Waals surface area contributed by atoms with Gasteiger partial charge in [0.25, 0.3) is 5.91 Å². The lowest BCUT2D eigenvalue weighted by Gasteiger charge is -2.05. The van der Waals surface area contributed by atoms with E-state index in [2.05, 4.69) is 31.4 Å². The van der Waals surface area contributed by atoms with Crippen molar-refractivity contribution in [1.82, 2.24) is 15.5 Å². The normalized spacial score (nSPS) is 10.3. The Balaban J connectivity index is 2.04. The largest absolute Gasteiger partial charge is 0.384 e. The Morgan fingerprint density at radius 1 is 1.56 bits per heavy atom. The van der Waals surface area contributed by atoms with Crippen LogP contribution in [0, 0.1) is 5.82 Å². The van der Waals surface area contributed by atoms with Crippen LogP contribution in [0.2, 0.25) is 0 Å². The van der Waals surface area contributed by atoms with Gasteiger partial charge in [0.2, 0.25) is 0 Å². The zero-order valence-corrected chi connectivity index (χ0v) is 10.8. The van der Waals surface area contributed by atoms with Gasteiger partial charge >= 0.3 is 0 Å². The third-order valence-electron chi connectivity index (χ3n) is 2.37. The Bertz CT molecular complexity index is 584. The Labute approximate surface area is 111 Å². The average molecular weight is 313 g/mol. The van der Waals surface area contributed by atoms with E-state index < -0.39 is 5.82 Å². The number of nitrogens with one attached hydrogen (secondary N) is 2. The summed E-state index contributed by atoms with van der Waals surface area (Å²) in [6.07, 6.45) is 1.53. The lowest BCUT2D eigenvalue weighted by atomic mass is 10.2. The molecule has 0 aliphatic heterocycles. The van der Waals surface area contributed by atoms with E-state index in [1.54, 1.807) is 0 Å². The van der Waals surface area contributed by atoms with Gasteiger partial charge in [0, 0.05) is 17.7 Å². The van der Waals surface area contributed by atoms with Gasteiger partial charge in [0.1, 0.15) is 11.6 Å². The number of carbonyl (C=O) groups excluding carboxylic acids is 1. The first-order chi connectivity index (χ1) is 8.58. The fourth-order valence-corrected chi connectivity index (χ4v) is 1.62. The van der Waals surface area contributed by atoms with Crippen LogP contribution >= 0.6 is 15.9 Å². The molecule has 4 N–H and O–H groups in total. The number of anilines is 1. The van der Waals surface area contributed by atoms with Gasteiger partial charge in [-0.15, -0.1) is 0 Å². The molecule has 0 aliphatic rings. The highest BCUT2D eigenvalue weighted by atomic mass is 79.9. The maximum Gasteiger partial charge on any atom is 0.251 e. The second-order valence-corrected chi connectivity index (χ2v) is 4.47. The molecule has 0 saturated carbocycles. The topological polar surface area (TPSA) is 83.8 Å². The zero-order valence-electron chi connectivity index (χ0n) is 9.21. The molecule has 0 bridgehead atoms. The molecule has 1 aromatic carbocycles. The Kier molecular flexibility index (Phi) is 3.61. The van der Waals surface area contributed by atoms with Crippen LogP contribution in [0.5, 0.6) is 0 Å².